The number of morpholine rings is 2. The van der Waals surface area contributed by atoms with E-state index >= 15 is 0 Å². The molecule has 0 saturated carbocycles. The van der Waals surface area contributed by atoms with Gasteiger partial charge in [-0.25, -0.2) is 0 Å². The second-order valence-electron chi connectivity index (χ2n) is 10.4. The molecule has 0 N–H and O–H groups in total. The number of hydrogen-bond donors (Lipinski definition) is 0. The third kappa shape index (κ3) is 6.12. The molecule has 0 aromatic carbocycles. The lowest BCUT2D eigenvalue weighted by Crippen LogP contribution is -2.41. The molecule has 2 aromatic heterocycles. The Hall–Kier alpha value is -2.26. The van der Waals surface area contributed by atoms with Crippen LogP contribution in [-0.2, 0) is 28.0 Å². The quantitative estimate of drug-likeness (QED) is 0.572. The molecule has 0 unspecified atom stereocenters. The second-order valence-corrected chi connectivity index (χ2v) is 10.4. The second kappa shape index (κ2) is 11.2. The largest absolute Gasteiger partial charge is 0.379 e. The Morgan fingerprint density at radius 3 is 2.14 bits per heavy atom. The van der Waals surface area contributed by atoms with Crippen LogP contribution in [-0.4, -0.2) is 78.1 Å². The van der Waals surface area contributed by atoms with Crippen molar-refractivity contribution in [1.82, 2.24) is 18.9 Å². The Morgan fingerprint density at radius 1 is 0.886 bits per heavy atom. The van der Waals surface area contributed by atoms with Gasteiger partial charge in [-0.3, -0.25) is 19.4 Å². The van der Waals surface area contributed by atoms with E-state index in [9.17, 15) is 9.59 Å². The van der Waals surface area contributed by atoms with E-state index in [1.165, 1.54) is 0 Å². The molecule has 192 valence electrons. The lowest BCUT2D eigenvalue weighted by Gasteiger charge is -2.34. The fourth-order valence-corrected chi connectivity index (χ4v) is 5.05. The van der Waals surface area contributed by atoms with E-state index in [2.05, 4.69) is 9.80 Å². The molecule has 4 rings (SSSR count). The van der Waals surface area contributed by atoms with Crippen LogP contribution >= 0.6 is 0 Å². The fourth-order valence-electron chi connectivity index (χ4n) is 5.05. The van der Waals surface area contributed by atoms with Crippen molar-refractivity contribution in [3.05, 3.63) is 68.0 Å². The van der Waals surface area contributed by atoms with E-state index in [4.69, 9.17) is 9.47 Å². The van der Waals surface area contributed by atoms with Crippen LogP contribution in [0.5, 0.6) is 0 Å². The van der Waals surface area contributed by atoms with Crippen LogP contribution in [0, 0.1) is 0 Å². The topological polar surface area (TPSA) is 68.9 Å². The first kappa shape index (κ1) is 25.8. The van der Waals surface area contributed by atoms with Crippen LogP contribution in [0.2, 0.25) is 0 Å². The van der Waals surface area contributed by atoms with Gasteiger partial charge in [0.05, 0.1) is 32.0 Å². The summed E-state index contributed by atoms with van der Waals surface area (Å²) in [7, 11) is 0. The molecule has 2 saturated heterocycles. The maximum absolute atomic E-state index is 13.1. The third-order valence-corrected chi connectivity index (χ3v) is 7.27. The highest BCUT2D eigenvalue weighted by Gasteiger charge is 2.29. The summed E-state index contributed by atoms with van der Waals surface area (Å²) < 4.78 is 14.6. The van der Waals surface area contributed by atoms with E-state index in [1.807, 2.05) is 46.2 Å². The van der Waals surface area contributed by atoms with Crippen molar-refractivity contribution < 1.29 is 9.47 Å². The summed E-state index contributed by atoms with van der Waals surface area (Å²) in [5, 5.41) is 0. The average molecular weight is 485 g/mol. The highest BCUT2D eigenvalue weighted by atomic mass is 16.5. The molecule has 35 heavy (non-hydrogen) atoms. The highest BCUT2D eigenvalue weighted by Crippen LogP contribution is 2.28. The van der Waals surface area contributed by atoms with Gasteiger partial charge in [-0.2, -0.15) is 0 Å². The Balaban J connectivity index is 1.67. The van der Waals surface area contributed by atoms with Crippen LogP contribution in [0.3, 0.4) is 0 Å². The van der Waals surface area contributed by atoms with Crippen LogP contribution < -0.4 is 11.1 Å². The fraction of sp³-hybridized carbons (Fsp3) is 0.630. The molecule has 0 amide bonds. The standard InChI is InChI=1S/C27H40N4O4/c1-21(2)30-20-23(19-29-11-15-35-16-12-29)24(17-26(30)33)27(3,4)31-18-22(5-6-25(31)32)7-8-28-9-13-34-14-10-28/h5-6,17-18,20-21H,7-16,19H2,1-4H3. The Bertz CT molecular complexity index is 1110. The Morgan fingerprint density at radius 2 is 1.51 bits per heavy atom. The van der Waals surface area contributed by atoms with Crippen LogP contribution in [0.4, 0.5) is 0 Å². The van der Waals surface area contributed by atoms with Crippen LogP contribution in [0.25, 0.3) is 0 Å². The predicted molar refractivity (Wildman–Crippen MR) is 137 cm³/mol. The summed E-state index contributed by atoms with van der Waals surface area (Å²) in [5.41, 5.74) is 2.33. The highest BCUT2D eigenvalue weighted by molar-refractivity contribution is 5.33. The molecule has 2 aliphatic rings. The van der Waals surface area contributed by atoms with Crippen molar-refractivity contribution >= 4 is 0 Å². The van der Waals surface area contributed by atoms with Crippen molar-refractivity contribution in [1.29, 1.82) is 0 Å². The Labute approximate surface area is 208 Å². The Kier molecular flexibility index (Phi) is 8.27. The molecular weight excluding hydrogens is 444 g/mol. The summed E-state index contributed by atoms with van der Waals surface area (Å²) >= 11 is 0. The van der Waals surface area contributed by atoms with Gasteiger partial charge in [0.2, 0.25) is 0 Å². The molecule has 8 heteroatoms. The number of ether oxygens (including phenoxy) is 2. The summed E-state index contributed by atoms with van der Waals surface area (Å²) in [6, 6.07) is 5.39. The van der Waals surface area contributed by atoms with Gasteiger partial charge in [-0.1, -0.05) is 6.07 Å². The number of nitrogens with zero attached hydrogens (tertiary/aromatic N) is 4. The lowest BCUT2D eigenvalue weighted by molar-refractivity contribution is 0.0338. The molecule has 4 heterocycles. The first-order valence-corrected chi connectivity index (χ1v) is 12.8. The third-order valence-electron chi connectivity index (χ3n) is 7.27. The number of pyridine rings is 2. The maximum atomic E-state index is 13.1. The van der Waals surface area contributed by atoms with Crippen molar-refractivity contribution in [3.63, 3.8) is 0 Å². The van der Waals surface area contributed by atoms with E-state index in [1.54, 1.807) is 21.3 Å². The zero-order valence-electron chi connectivity index (χ0n) is 21.7. The zero-order valence-corrected chi connectivity index (χ0v) is 21.7. The minimum Gasteiger partial charge on any atom is -0.379 e. The molecule has 0 aliphatic carbocycles. The molecule has 0 radical (unpaired) electrons. The van der Waals surface area contributed by atoms with Crippen molar-refractivity contribution in [3.8, 4) is 0 Å². The molecule has 2 aliphatic heterocycles. The van der Waals surface area contributed by atoms with Gasteiger partial charge in [-0.05, 0) is 50.8 Å². The monoisotopic (exact) mass is 484 g/mol. The number of rotatable bonds is 8. The van der Waals surface area contributed by atoms with E-state index in [0.717, 1.165) is 75.6 Å². The minimum absolute atomic E-state index is 0.0367. The van der Waals surface area contributed by atoms with E-state index in [0.29, 0.717) is 13.2 Å². The number of hydrogen-bond acceptors (Lipinski definition) is 6. The zero-order chi connectivity index (χ0) is 25.0. The maximum Gasteiger partial charge on any atom is 0.251 e. The van der Waals surface area contributed by atoms with E-state index in [-0.39, 0.29) is 17.2 Å². The summed E-state index contributed by atoms with van der Waals surface area (Å²) in [4.78, 5) is 30.9. The molecular formula is C27H40N4O4. The molecule has 0 spiro atoms. The van der Waals surface area contributed by atoms with Gasteiger partial charge in [0.1, 0.15) is 0 Å². The first-order valence-electron chi connectivity index (χ1n) is 12.8. The molecule has 2 aromatic rings. The van der Waals surface area contributed by atoms with E-state index < -0.39 is 5.54 Å². The molecule has 0 atom stereocenters. The van der Waals surface area contributed by atoms with Gasteiger partial charge in [-0.15, -0.1) is 0 Å². The van der Waals surface area contributed by atoms with Crippen molar-refractivity contribution in [2.24, 2.45) is 0 Å². The van der Waals surface area contributed by atoms with Gasteiger partial charge in [0, 0.05) is 69.8 Å². The van der Waals surface area contributed by atoms with Crippen LogP contribution in [0.1, 0.15) is 50.4 Å². The van der Waals surface area contributed by atoms with Crippen molar-refractivity contribution in [2.75, 3.05) is 59.2 Å². The van der Waals surface area contributed by atoms with Crippen LogP contribution in [0.15, 0.2) is 40.2 Å². The molecule has 0 bridgehead atoms. The summed E-state index contributed by atoms with van der Waals surface area (Å²) in [6.45, 7) is 16.4. The van der Waals surface area contributed by atoms with Gasteiger partial charge in [0.25, 0.3) is 11.1 Å². The minimum atomic E-state index is -0.678. The van der Waals surface area contributed by atoms with Crippen molar-refractivity contribution in [2.45, 2.75) is 52.2 Å². The first-order chi connectivity index (χ1) is 16.8. The molecule has 8 nitrogen and oxygen atoms in total. The predicted octanol–water partition coefficient (Wildman–Crippen LogP) is 2.08. The summed E-state index contributed by atoms with van der Waals surface area (Å²) in [6.07, 6.45) is 4.84. The molecule has 2 fully saturated rings. The van der Waals surface area contributed by atoms with Gasteiger partial charge in [0.15, 0.2) is 0 Å². The van der Waals surface area contributed by atoms with Gasteiger partial charge < -0.3 is 18.6 Å². The average Bonchev–Trinajstić information content (AvgIpc) is 2.85. The summed E-state index contributed by atoms with van der Waals surface area (Å²) in [5.74, 6) is 0. The lowest BCUT2D eigenvalue weighted by atomic mass is 9.89. The van der Waals surface area contributed by atoms with Gasteiger partial charge >= 0.3 is 0 Å². The smallest absolute Gasteiger partial charge is 0.251 e. The SMILES string of the molecule is CC(C)n1cc(CN2CCOCC2)c(C(C)(C)n2cc(CCN3CCOCC3)ccc2=O)cc1=O. The number of aromatic nitrogens is 2. The normalized spacial score (nSPS) is 18.3.